The minimum Gasteiger partial charge on any atom is -0.386 e. The molecule has 0 saturated carbocycles. The van der Waals surface area contributed by atoms with Crippen molar-refractivity contribution in [2.24, 2.45) is 7.05 Å². The summed E-state index contributed by atoms with van der Waals surface area (Å²) in [5, 5.41) is 18.8. The molecule has 1 aromatic carbocycles. The van der Waals surface area contributed by atoms with Crippen LogP contribution in [-0.2, 0) is 18.3 Å². The Balaban J connectivity index is 1.73. The first-order valence-corrected chi connectivity index (χ1v) is 7.73. The first-order chi connectivity index (χ1) is 10.6. The Kier molecular flexibility index (Phi) is 4.49. The van der Waals surface area contributed by atoms with E-state index in [9.17, 15) is 5.11 Å². The summed E-state index contributed by atoms with van der Waals surface area (Å²) in [4.78, 5) is 0. The Morgan fingerprint density at radius 1 is 1.45 bits per heavy atom. The zero-order valence-electron chi connectivity index (χ0n) is 12.6. The van der Waals surface area contributed by atoms with Gasteiger partial charge in [0, 0.05) is 50.5 Å². The van der Waals surface area contributed by atoms with Crippen molar-refractivity contribution in [2.45, 2.75) is 18.6 Å². The van der Waals surface area contributed by atoms with Gasteiger partial charge in [-0.2, -0.15) is 5.10 Å². The highest BCUT2D eigenvalue weighted by atomic mass is 35.5. The molecule has 0 aliphatic carbocycles. The number of halogens is 1. The zero-order valence-corrected chi connectivity index (χ0v) is 13.3. The average Bonchev–Trinajstić information content (AvgIpc) is 3.06. The molecule has 0 radical (unpaired) electrons. The molecule has 0 amide bonds. The fraction of sp³-hybridized carbons (Fsp3) is 0.438. The molecule has 6 heteroatoms. The molecule has 5 nitrogen and oxygen atoms in total. The minimum atomic E-state index is -0.757. The van der Waals surface area contributed by atoms with Crippen LogP contribution >= 0.6 is 11.6 Å². The van der Waals surface area contributed by atoms with Crippen LogP contribution in [-0.4, -0.2) is 40.2 Å². The highest BCUT2D eigenvalue weighted by Gasteiger charge is 2.31. The summed E-state index contributed by atoms with van der Waals surface area (Å²) >= 11 is 6.27. The number of aliphatic hydroxyl groups is 1. The molecule has 0 spiro atoms. The van der Waals surface area contributed by atoms with Crippen LogP contribution in [0, 0.1) is 0 Å². The number of hydrogen-bond donors (Lipinski definition) is 2. The number of nitrogens with zero attached hydrogens (tertiary/aromatic N) is 2. The molecule has 2 N–H and O–H groups in total. The second kappa shape index (κ2) is 6.38. The lowest BCUT2D eigenvalue weighted by Gasteiger charge is -2.20. The Bertz CT molecular complexity index is 651. The fourth-order valence-corrected chi connectivity index (χ4v) is 2.94. The minimum absolute atomic E-state index is 0.393. The van der Waals surface area contributed by atoms with Gasteiger partial charge in [-0.1, -0.05) is 29.8 Å². The van der Waals surface area contributed by atoms with E-state index in [4.69, 9.17) is 16.3 Å². The second-order valence-electron chi connectivity index (χ2n) is 5.79. The average molecular weight is 322 g/mol. The quantitative estimate of drug-likeness (QED) is 0.884. The maximum atomic E-state index is 10.3. The van der Waals surface area contributed by atoms with Gasteiger partial charge in [-0.25, -0.2) is 0 Å². The number of rotatable bonds is 5. The number of nitrogens with one attached hydrogen (secondary N) is 1. The maximum absolute atomic E-state index is 10.3. The van der Waals surface area contributed by atoms with Crippen molar-refractivity contribution in [1.82, 2.24) is 15.1 Å². The molecular formula is C16H20ClN3O2. The van der Waals surface area contributed by atoms with E-state index in [0.29, 0.717) is 37.7 Å². The molecular weight excluding hydrogens is 302 g/mol. The third kappa shape index (κ3) is 3.33. The highest BCUT2D eigenvalue weighted by Crippen LogP contribution is 2.29. The molecule has 1 saturated heterocycles. The zero-order chi connectivity index (χ0) is 15.6. The summed E-state index contributed by atoms with van der Waals surface area (Å²) in [6.45, 7) is 2.14. The van der Waals surface area contributed by atoms with E-state index >= 15 is 0 Å². The van der Waals surface area contributed by atoms with E-state index in [2.05, 4.69) is 10.4 Å². The van der Waals surface area contributed by atoms with Crippen molar-refractivity contribution in [3.63, 3.8) is 0 Å². The second-order valence-corrected chi connectivity index (χ2v) is 6.19. The molecule has 1 aromatic heterocycles. The van der Waals surface area contributed by atoms with Gasteiger partial charge in [0.2, 0.25) is 0 Å². The number of hydrogen-bond acceptors (Lipinski definition) is 4. The Morgan fingerprint density at radius 2 is 2.27 bits per heavy atom. The van der Waals surface area contributed by atoms with Crippen LogP contribution in [0.4, 0.5) is 0 Å². The molecule has 2 aromatic rings. The van der Waals surface area contributed by atoms with Gasteiger partial charge in [0.05, 0.1) is 17.3 Å². The Morgan fingerprint density at radius 3 is 3.00 bits per heavy atom. The van der Waals surface area contributed by atoms with Gasteiger partial charge in [0.1, 0.15) is 5.60 Å². The molecule has 1 unspecified atom stereocenters. The van der Waals surface area contributed by atoms with Crippen molar-refractivity contribution in [3.8, 4) is 11.3 Å². The predicted octanol–water partition coefficient (Wildman–Crippen LogP) is 1.98. The summed E-state index contributed by atoms with van der Waals surface area (Å²) in [6, 6.07) is 7.68. The van der Waals surface area contributed by atoms with E-state index in [1.807, 2.05) is 37.5 Å². The summed E-state index contributed by atoms with van der Waals surface area (Å²) in [5.41, 5.74) is 2.09. The molecule has 1 atom stereocenters. The van der Waals surface area contributed by atoms with E-state index in [1.165, 1.54) is 0 Å². The molecule has 3 rings (SSSR count). The highest BCUT2D eigenvalue weighted by molar-refractivity contribution is 6.33. The van der Waals surface area contributed by atoms with Gasteiger partial charge in [-0.15, -0.1) is 0 Å². The molecule has 1 aliphatic heterocycles. The monoisotopic (exact) mass is 321 g/mol. The van der Waals surface area contributed by atoms with Crippen LogP contribution in [0.1, 0.15) is 12.0 Å². The molecule has 22 heavy (non-hydrogen) atoms. The lowest BCUT2D eigenvalue weighted by atomic mass is 10.0. The van der Waals surface area contributed by atoms with Crippen LogP contribution in [0.15, 0.2) is 30.5 Å². The largest absolute Gasteiger partial charge is 0.386 e. The van der Waals surface area contributed by atoms with Crippen LogP contribution in [0.3, 0.4) is 0 Å². The summed E-state index contributed by atoms with van der Waals surface area (Å²) in [7, 11) is 1.89. The van der Waals surface area contributed by atoms with E-state index in [0.717, 1.165) is 16.8 Å². The van der Waals surface area contributed by atoms with Crippen LogP contribution in [0.2, 0.25) is 5.02 Å². The van der Waals surface area contributed by atoms with Crippen LogP contribution in [0.25, 0.3) is 11.3 Å². The lowest BCUT2D eigenvalue weighted by molar-refractivity contribution is 0.0268. The van der Waals surface area contributed by atoms with Gasteiger partial charge in [0.15, 0.2) is 0 Å². The predicted molar refractivity (Wildman–Crippen MR) is 85.7 cm³/mol. The summed E-state index contributed by atoms with van der Waals surface area (Å²) in [6.07, 6.45) is 2.64. The van der Waals surface area contributed by atoms with Gasteiger partial charge < -0.3 is 15.2 Å². The smallest absolute Gasteiger partial charge is 0.102 e. The van der Waals surface area contributed by atoms with E-state index in [1.54, 1.807) is 4.68 Å². The van der Waals surface area contributed by atoms with E-state index in [-0.39, 0.29) is 0 Å². The van der Waals surface area contributed by atoms with Crippen molar-refractivity contribution in [2.75, 3.05) is 19.8 Å². The van der Waals surface area contributed by atoms with Gasteiger partial charge in [0.25, 0.3) is 0 Å². The number of ether oxygens (including phenoxy) is 1. The molecule has 0 bridgehead atoms. The number of benzene rings is 1. The standard InChI is InChI=1S/C16H20ClN3O2/c1-20-9-12(8-18-10-16(21)6-7-22-11-16)15(19-20)13-4-2-3-5-14(13)17/h2-5,9,18,21H,6-8,10-11H2,1H3. The Labute approximate surface area is 134 Å². The van der Waals surface area contributed by atoms with Gasteiger partial charge in [-0.3, -0.25) is 4.68 Å². The van der Waals surface area contributed by atoms with Crippen molar-refractivity contribution < 1.29 is 9.84 Å². The lowest BCUT2D eigenvalue weighted by Crippen LogP contribution is -2.40. The van der Waals surface area contributed by atoms with Crippen LogP contribution < -0.4 is 5.32 Å². The van der Waals surface area contributed by atoms with Gasteiger partial charge in [-0.05, 0) is 6.07 Å². The van der Waals surface area contributed by atoms with Gasteiger partial charge >= 0.3 is 0 Å². The normalized spacial score (nSPS) is 21.4. The third-order valence-corrected chi connectivity index (χ3v) is 4.22. The first kappa shape index (κ1) is 15.5. The number of aryl methyl sites for hydroxylation is 1. The van der Waals surface area contributed by atoms with Crippen LogP contribution in [0.5, 0.6) is 0 Å². The number of aromatic nitrogens is 2. The SMILES string of the molecule is Cn1cc(CNCC2(O)CCOC2)c(-c2ccccc2Cl)n1. The van der Waals surface area contributed by atoms with E-state index < -0.39 is 5.60 Å². The van der Waals surface area contributed by atoms with Crippen molar-refractivity contribution in [3.05, 3.63) is 41.0 Å². The molecule has 118 valence electrons. The summed E-state index contributed by atoms with van der Waals surface area (Å²) in [5.74, 6) is 0. The maximum Gasteiger partial charge on any atom is 0.102 e. The molecule has 2 heterocycles. The fourth-order valence-electron chi connectivity index (χ4n) is 2.71. The van der Waals surface area contributed by atoms with Crippen molar-refractivity contribution >= 4 is 11.6 Å². The molecule has 1 aliphatic rings. The summed E-state index contributed by atoms with van der Waals surface area (Å²) < 4.78 is 7.03. The molecule has 1 fully saturated rings. The first-order valence-electron chi connectivity index (χ1n) is 7.36. The third-order valence-electron chi connectivity index (χ3n) is 3.89. The van der Waals surface area contributed by atoms with Crippen molar-refractivity contribution in [1.29, 1.82) is 0 Å². The Hall–Kier alpha value is -1.40. The topological polar surface area (TPSA) is 59.3 Å².